The Kier molecular flexibility index (Phi) is 5.56. The van der Waals surface area contributed by atoms with E-state index in [-0.39, 0.29) is 16.8 Å². The van der Waals surface area contributed by atoms with Crippen LogP contribution in [0.1, 0.15) is 49.7 Å². The molecule has 0 saturated heterocycles. The number of anilines is 1. The van der Waals surface area contributed by atoms with Crippen LogP contribution >= 0.6 is 0 Å². The topological polar surface area (TPSA) is 78.8 Å². The zero-order valence-electron chi connectivity index (χ0n) is 16.5. The first-order chi connectivity index (χ1) is 13.2. The maximum Gasteiger partial charge on any atom is 0.286 e. The molecule has 6 nitrogen and oxygen atoms in total. The number of nitrogens with zero attached hydrogens (tertiary/aromatic N) is 2. The van der Waals surface area contributed by atoms with E-state index in [4.69, 9.17) is 0 Å². The molecule has 7 heteroatoms. The molecule has 0 radical (unpaired) electrons. The third-order valence-corrected chi connectivity index (χ3v) is 6.02. The van der Waals surface area contributed by atoms with E-state index in [0.29, 0.717) is 29.5 Å². The third kappa shape index (κ3) is 4.09. The van der Waals surface area contributed by atoms with Crippen molar-refractivity contribution in [3.8, 4) is 0 Å². The standard InChI is InChI=1S/C21H25N3O3S/c1-14(2)13-24-16(4)23-28(26,27)20-12-18(10-11-19(20)24)21(25)22-15(3)17-8-6-5-7-9-17/h5-12,14-15H,13H2,1-4H3,(H,22,25)/t15-/m0/s1. The predicted octanol–water partition coefficient (Wildman–Crippen LogP) is 3.76. The Hall–Kier alpha value is -2.67. The second-order valence-electron chi connectivity index (χ2n) is 7.41. The summed E-state index contributed by atoms with van der Waals surface area (Å²) in [6.45, 7) is 8.34. The third-order valence-electron chi connectivity index (χ3n) is 4.63. The highest BCUT2D eigenvalue weighted by Crippen LogP contribution is 2.33. The summed E-state index contributed by atoms with van der Waals surface area (Å²) >= 11 is 0. The van der Waals surface area contributed by atoms with E-state index in [9.17, 15) is 13.2 Å². The zero-order valence-corrected chi connectivity index (χ0v) is 17.3. The Morgan fingerprint density at radius 2 is 1.79 bits per heavy atom. The van der Waals surface area contributed by atoms with Crippen LogP contribution in [0.5, 0.6) is 0 Å². The summed E-state index contributed by atoms with van der Waals surface area (Å²) in [5, 5.41) is 2.92. The van der Waals surface area contributed by atoms with Gasteiger partial charge in [-0.15, -0.1) is 4.40 Å². The highest BCUT2D eigenvalue weighted by Gasteiger charge is 2.30. The lowest BCUT2D eigenvalue weighted by Crippen LogP contribution is -2.37. The van der Waals surface area contributed by atoms with Crippen LogP contribution < -0.4 is 10.2 Å². The first-order valence-corrected chi connectivity index (χ1v) is 10.7. The number of hydrogen-bond donors (Lipinski definition) is 1. The van der Waals surface area contributed by atoms with E-state index in [1.807, 2.05) is 42.2 Å². The Labute approximate surface area is 166 Å². The van der Waals surface area contributed by atoms with Crippen LogP contribution in [0, 0.1) is 5.92 Å². The molecule has 3 rings (SSSR count). The quantitative estimate of drug-likeness (QED) is 0.830. The molecule has 1 heterocycles. The molecule has 0 aromatic heterocycles. The zero-order chi connectivity index (χ0) is 20.5. The van der Waals surface area contributed by atoms with Crippen molar-refractivity contribution >= 4 is 27.5 Å². The summed E-state index contributed by atoms with van der Waals surface area (Å²) in [5.41, 5.74) is 1.84. The molecule has 1 N–H and O–H groups in total. The van der Waals surface area contributed by atoms with E-state index in [0.717, 1.165) is 5.56 Å². The highest BCUT2D eigenvalue weighted by atomic mass is 32.2. The molecule has 1 aliphatic heterocycles. The summed E-state index contributed by atoms with van der Waals surface area (Å²) in [5.74, 6) is 0.445. The largest absolute Gasteiger partial charge is 0.346 e. The lowest BCUT2D eigenvalue weighted by Gasteiger charge is -2.31. The molecule has 148 valence electrons. The Bertz CT molecular complexity index is 1010. The van der Waals surface area contributed by atoms with Gasteiger partial charge in [0.25, 0.3) is 15.9 Å². The lowest BCUT2D eigenvalue weighted by atomic mass is 10.1. The van der Waals surface area contributed by atoms with Gasteiger partial charge in [-0.05, 0) is 43.5 Å². The monoisotopic (exact) mass is 399 g/mol. The number of amidine groups is 1. The molecule has 0 unspecified atom stereocenters. The van der Waals surface area contributed by atoms with Gasteiger partial charge in [-0.2, -0.15) is 8.42 Å². The summed E-state index contributed by atoms with van der Waals surface area (Å²) in [6.07, 6.45) is 0. The molecule has 28 heavy (non-hydrogen) atoms. The summed E-state index contributed by atoms with van der Waals surface area (Å²) < 4.78 is 29.1. The number of hydrogen-bond acceptors (Lipinski definition) is 4. The molecule has 1 atom stereocenters. The molecular formula is C21H25N3O3S. The van der Waals surface area contributed by atoms with E-state index in [1.54, 1.807) is 19.1 Å². The van der Waals surface area contributed by atoms with E-state index < -0.39 is 10.0 Å². The van der Waals surface area contributed by atoms with E-state index in [2.05, 4.69) is 23.6 Å². The second kappa shape index (κ2) is 7.75. The number of benzene rings is 2. The number of carbonyl (C=O) groups is 1. The van der Waals surface area contributed by atoms with Gasteiger partial charge < -0.3 is 10.2 Å². The fourth-order valence-corrected chi connectivity index (χ4v) is 4.50. The van der Waals surface area contributed by atoms with Crippen molar-refractivity contribution in [3.05, 3.63) is 59.7 Å². The summed E-state index contributed by atoms with van der Waals surface area (Å²) in [7, 11) is -3.83. The molecule has 1 aliphatic rings. The van der Waals surface area contributed by atoms with E-state index in [1.165, 1.54) is 6.07 Å². The maximum absolute atomic E-state index is 12.7. The SMILES string of the molecule is CC1=NS(=O)(=O)c2cc(C(=O)N[C@@H](C)c3ccccc3)ccc2N1CC(C)C. The number of rotatable bonds is 5. The van der Waals surface area contributed by atoms with Crippen LogP contribution in [0.2, 0.25) is 0 Å². The average Bonchev–Trinajstić information content (AvgIpc) is 2.65. The molecule has 0 fully saturated rings. The van der Waals surface area contributed by atoms with Gasteiger partial charge in [-0.25, -0.2) is 0 Å². The fraction of sp³-hybridized carbons (Fsp3) is 0.333. The minimum atomic E-state index is -3.83. The van der Waals surface area contributed by atoms with Crippen LogP contribution in [0.4, 0.5) is 5.69 Å². The van der Waals surface area contributed by atoms with Gasteiger partial charge in [0.15, 0.2) is 0 Å². The minimum Gasteiger partial charge on any atom is -0.346 e. The Morgan fingerprint density at radius 3 is 2.43 bits per heavy atom. The van der Waals surface area contributed by atoms with Crippen molar-refractivity contribution in [2.75, 3.05) is 11.4 Å². The number of sulfonamides is 1. The molecule has 0 saturated carbocycles. The van der Waals surface area contributed by atoms with Gasteiger partial charge in [-0.1, -0.05) is 44.2 Å². The predicted molar refractivity (Wildman–Crippen MR) is 111 cm³/mol. The number of fused-ring (bicyclic) bond motifs is 1. The molecular weight excluding hydrogens is 374 g/mol. The molecule has 0 bridgehead atoms. The fourth-order valence-electron chi connectivity index (χ4n) is 3.23. The van der Waals surface area contributed by atoms with Gasteiger partial charge in [0.05, 0.1) is 11.7 Å². The lowest BCUT2D eigenvalue weighted by molar-refractivity contribution is 0.0939. The highest BCUT2D eigenvalue weighted by molar-refractivity contribution is 7.90. The van der Waals surface area contributed by atoms with Crippen molar-refractivity contribution in [1.82, 2.24) is 5.32 Å². The van der Waals surface area contributed by atoms with Crippen molar-refractivity contribution in [3.63, 3.8) is 0 Å². The van der Waals surface area contributed by atoms with Gasteiger partial charge in [0, 0.05) is 12.1 Å². The normalized spacial score (nSPS) is 16.3. The van der Waals surface area contributed by atoms with E-state index >= 15 is 0 Å². The van der Waals surface area contributed by atoms with Crippen LogP contribution in [0.25, 0.3) is 0 Å². The van der Waals surface area contributed by atoms with Crippen LogP contribution in [0.3, 0.4) is 0 Å². The van der Waals surface area contributed by atoms with Crippen molar-refractivity contribution in [2.24, 2.45) is 10.3 Å². The van der Waals surface area contributed by atoms with Crippen molar-refractivity contribution in [1.29, 1.82) is 0 Å². The summed E-state index contributed by atoms with van der Waals surface area (Å²) in [4.78, 5) is 14.6. The molecule has 0 spiro atoms. The molecule has 2 aromatic carbocycles. The number of carbonyl (C=O) groups excluding carboxylic acids is 1. The first-order valence-electron chi connectivity index (χ1n) is 9.28. The molecule has 1 amide bonds. The summed E-state index contributed by atoms with van der Waals surface area (Å²) in [6, 6.07) is 14.2. The molecule has 2 aromatic rings. The number of nitrogens with one attached hydrogen (secondary N) is 1. The molecule has 0 aliphatic carbocycles. The van der Waals surface area contributed by atoms with Gasteiger partial charge in [0.1, 0.15) is 10.7 Å². The van der Waals surface area contributed by atoms with Crippen LogP contribution in [0.15, 0.2) is 57.8 Å². The minimum absolute atomic E-state index is 0.0683. The van der Waals surface area contributed by atoms with Gasteiger partial charge in [0.2, 0.25) is 0 Å². The average molecular weight is 400 g/mol. The van der Waals surface area contributed by atoms with Gasteiger partial charge >= 0.3 is 0 Å². The second-order valence-corrected chi connectivity index (χ2v) is 8.98. The van der Waals surface area contributed by atoms with Crippen LogP contribution in [-0.4, -0.2) is 26.7 Å². The Balaban J connectivity index is 1.91. The number of amides is 1. The smallest absolute Gasteiger partial charge is 0.286 e. The first kappa shape index (κ1) is 20.1. The van der Waals surface area contributed by atoms with Crippen molar-refractivity contribution in [2.45, 2.75) is 38.6 Å². The van der Waals surface area contributed by atoms with Crippen molar-refractivity contribution < 1.29 is 13.2 Å². The maximum atomic E-state index is 12.7. The van der Waals surface area contributed by atoms with Crippen LogP contribution in [-0.2, 0) is 10.0 Å². The van der Waals surface area contributed by atoms with Gasteiger partial charge in [-0.3, -0.25) is 4.79 Å². The Morgan fingerprint density at radius 1 is 1.11 bits per heavy atom.